The summed E-state index contributed by atoms with van der Waals surface area (Å²) in [5.41, 5.74) is 2.30. The van der Waals surface area contributed by atoms with Crippen molar-refractivity contribution in [3.8, 4) is 22.9 Å². The summed E-state index contributed by atoms with van der Waals surface area (Å²) in [6, 6.07) is 8.97. The first-order valence-corrected chi connectivity index (χ1v) is 7.83. The molecule has 3 N–H and O–H groups in total. The molecular weight excluding hydrogens is 363 g/mol. The van der Waals surface area contributed by atoms with Crippen molar-refractivity contribution >= 4 is 27.5 Å². The van der Waals surface area contributed by atoms with Crippen LogP contribution in [-0.2, 0) is 0 Å². The molecule has 0 bridgehead atoms. The largest absolute Gasteiger partial charge is 0.573 e. The van der Waals surface area contributed by atoms with Gasteiger partial charge in [-0.1, -0.05) is 11.6 Å². The van der Waals surface area contributed by atoms with Crippen molar-refractivity contribution in [3.05, 3.63) is 46.9 Å². The van der Waals surface area contributed by atoms with E-state index in [-0.39, 0.29) is 28.2 Å². The third-order valence-corrected chi connectivity index (χ3v) is 4.25. The van der Waals surface area contributed by atoms with Crippen LogP contribution in [0.3, 0.4) is 0 Å². The maximum Gasteiger partial charge on any atom is 0.573 e. The van der Waals surface area contributed by atoms with Gasteiger partial charge in [0, 0.05) is 21.8 Å². The summed E-state index contributed by atoms with van der Waals surface area (Å²) >= 11 is 0. The van der Waals surface area contributed by atoms with Crippen LogP contribution in [0.4, 0.5) is 18.9 Å². The molecule has 2 heterocycles. The van der Waals surface area contributed by atoms with Crippen molar-refractivity contribution < 1.29 is 23.0 Å². The van der Waals surface area contributed by atoms with Crippen LogP contribution in [0.1, 0.15) is 5.56 Å². The molecule has 9 heteroatoms. The zero-order chi connectivity index (χ0) is 19.3. The van der Waals surface area contributed by atoms with E-state index in [4.69, 9.17) is 0 Å². The Morgan fingerprint density at radius 1 is 1.04 bits per heavy atom. The molecule has 2 aromatic heterocycles. The molecule has 0 spiro atoms. The van der Waals surface area contributed by atoms with Gasteiger partial charge in [0.15, 0.2) is 5.88 Å². The van der Waals surface area contributed by atoms with Gasteiger partial charge < -0.3 is 19.8 Å². The van der Waals surface area contributed by atoms with Crippen LogP contribution in [0.25, 0.3) is 33.1 Å². The first-order valence-electron chi connectivity index (χ1n) is 7.83. The van der Waals surface area contributed by atoms with Crippen LogP contribution in [0.15, 0.2) is 41.6 Å². The summed E-state index contributed by atoms with van der Waals surface area (Å²) in [5.74, 6) is -0.745. The molecule has 0 aliphatic rings. The molecule has 4 rings (SSSR count). The molecule has 0 radical (unpaired) electrons. The Kier molecular flexibility index (Phi) is 3.62. The number of nitrogens with zero attached hydrogens (tertiary/aromatic N) is 1. The topological polar surface area (TPSA) is 90.5 Å². The number of aromatic amines is 2. The van der Waals surface area contributed by atoms with Gasteiger partial charge in [0.05, 0.1) is 11.3 Å². The number of aromatic nitrogens is 2. The van der Waals surface area contributed by atoms with Gasteiger partial charge in [0.2, 0.25) is 0 Å². The van der Waals surface area contributed by atoms with Gasteiger partial charge in [0.25, 0.3) is 0 Å². The van der Waals surface area contributed by atoms with Crippen LogP contribution in [0.2, 0.25) is 0 Å². The summed E-state index contributed by atoms with van der Waals surface area (Å²) in [6.07, 6.45) is -4.85. The number of ether oxygens (including phenoxy) is 1. The van der Waals surface area contributed by atoms with Gasteiger partial charge in [-0.25, -0.2) is 0 Å². The zero-order valence-electron chi connectivity index (χ0n) is 13.8. The number of H-pyrrole nitrogens is 2. The zero-order valence-corrected chi connectivity index (χ0v) is 13.8. The first-order chi connectivity index (χ1) is 12.8. The van der Waals surface area contributed by atoms with Crippen molar-refractivity contribution in [2.75, 3.05) is 0 Å². The van der Waals surface area contributed by atoms with Crippen molar-refractivity contribution in [2.45, 2.75) is 13.3 Å². The highest BCUT2D eigenvalue weighted by atomic mass is 19.4. The Morgan fingerprint density at radius 2 is 1.74 bits per heavy atom. The number of benzene rings is 2. The number of aryl methyl sites for hydroxylation is 1. The number of alkyl halides is 3. The number of hydrogen-bond donors (Lipinski definition) is 3. The minimum Gasteiger partial charge on any atom is -0.494 e. The van der Waals surface area contributed by atoms with Gasteiger partial charge >= 0.3 is 6.36 Å². The average Bonchev–Trinajstić information content (AvgIpc) is 3.08. The number of hydrogen-bond acceptors (Lipinski definition) is 4. The maximum atomic E-state index is 12.5. The lowest BCUT2D eigenvalue weighted by Gasteiger charge is -2.08. The van der Waals surface area contributed by atoms with E-state index < -0.39 is 12.1 Å². The van der Waals surface area contributed by atoms with Gasteiger partial charge in [-0.15, -0.1) is 18.1 Å². The molecular formula is C18H12F3N3O3. The molecule has 0 aliphatic carbocycles. The van der Waals surface area contributed by atoms with Crippen molar-refractivity contribution in [3.63, 3.8) is 0 Å². The van der Waals surface area contributed by atoms with Gasteiger partial charge in [0.1, 0.15) is 11.4 Å². The van der Waals surface area contributed by atoms with Crippen molar-refractivity contribution in [1.29, 1.82) is 0 Å². The highest BCUT2D eigenvalue weighted by molar-refractivity contribution is 6.07. The SMILES string of the molecule is Cc1ccc2[nH]c(-c3c(O)[nH]c4ccc(OC(F)(F)F)cc34)c(N=O)c2c1. The quantitative estimate of drug-likeness (QED) is 0.406. The molecule has 27 heavy (non-hydrogen) atoms. The van der Waals surface area contributed by atoms with E-state index in [0.717, 1.165) is 17.7 Å². The lowest BCUT2D eigenvalue weighted by Crippen LogP contribution is -2.16. The maximum absolute atomic E-state index is 12.5. The van der Waals surface area contributed by atoms with Crippen LogP contribution in [0, 0.1) is 11.8 Å². The second-order valence-corrected chi connectivity index (χ2v) is 6.09. The normalized spacial score (nSPS) is 12.0. The predicted octanol–water partition coefficient (Wildman–Crippen LogP) is 5.63. The predicted molar refractivity (Wildman–Crippen MR) is 94.1 cm³/mol. The molecule has 4 aromatic rings. The third-order valence-electron chi connectivity index (χ3n) is 4.25. The fraction of sp³-hybridized carbons (Fsp3) is 0.111. The Hall–Kier alpha value is -3.49. The number of nitrogens with one attached hydrogen (secondary N) is 2. The van der Waals surface area contributed by atoms with E-state index in [9.17, 15) is 23.2 Å². The first kappa shape index (κ1) is 17.0. The second-order valence-electron chi connectivity index (χ2n) is 6.09. The molecule has 0 fully saturated rings. The number of aromatic hydroxyl groups is 1. The number of rotatable bonds is 3. The van der Waals surface area contributed by atoms with E-state index in [1.165, 1.54) is 6.07 Å². The molecule has 6 nitrogen and oxygen atoms in total. The minimum atomic E-state index is -4.85. The van der Waals surface area contributed by atoms with Gasteiger partial charge in [-0.3, -0.25) is 0 Å². The van der Waals surface area contributed by atoms with E-state index >= 15 is 0 Å². The molecule has 0 saturated carbocycles. The monoisotopic (exact) mass is 375 g/mol. The highest BCUT2D eigenvalue weighted by Gasteiger charge is 2.31. The van der Waals surface area contributed by atoms with Crippen molar-refractivity contribution in [1.82, 2.24) is 9.97 Å². The van der Waals surface area contributed by atoms with Crippen LogP contribution >= 0.6 is 0 Å². The molecule has 0 amide bonds. The van der Waals surface area contributed by atoms with Crippen molar-refractivity contribution in [2.24, 2.45) is 5.18 Å². The van der Waals surface area contributed by atoms with E-state index in [2.05, 4.69) is 19.9 Å². The Balaban J connectivity index is 1.98. The Bertz CT molecular complexity index is 1190. The summed E-state index contributed by atoms with van der Waals surface area (Å²) < 4.78 is 41.5. The fourth-order valence-electron chi connectivity index (χ4n) is 3.17. The smallest absolute Gasteiger partial charge is 0.494 e. The van der Waals surface area contributed by atoms with E-state index in [1.807, 2.05) is 13.0 Å². The Morgan fingerprint density at radius 3 is 2.44 bits per heavy atom. The molecule has 0 saturated heterocycles. The summed E-state index contributed by atoms with van der Waals surface area (Å²) in [4.78, 5) is 17.2. The summed E-state index contributed by atoms with van der Waals surface area (Å²) in [7, 11) is 0. The third kappa shape index (κ3) is 2.86. The lowest BCUT2D eigenvalue weighted by atomic mass is 10.1. The number of nitroso groups, excluding NO2 is 1. The fourth-order valence-corrected chi connectivity index (χ4v) is 3.17. The van der Waals surface area contributed by atoms with Crippen LogP contribution in [-0.4, -0.2) is 21.4 Å². The second kappa shape index (κ2) is 5.76. The van der Waals surface area contributed by atoms with Gasteiger partial charge in [-0.05, 0) is 42.4 Å². The highest BCUT2D eigenvalue weighted by Crippen LogP contribution is 2.45. The molecule has 138 valence electrons. The minimum absolute atomic E-state index is 0.0621. The van der Waals surface area contributed by atoms with Crippen LogP contribution in [0.5, 0.6) is 11.6 Å². The van der Waals surface area contributed by atoms with Gasteiger partial charge in [-0.2, -0.15) is 0 Å². The summed E-state index contributed by atoms with van der Waals surface area (Å²) in [6.45, 7) is 1.85. The van der Waals surface area contributed by atoms with E-state index in [0.29, 0.717) is 16.4 Å². The molecule has 2 aromatic carbocycles. The number of fused-ring (bicyclic) bond motifs is 2. The average molecular weight is 375 g/mol. The molecule has 0 aliphatic heterocycles. The molecule has 0 atom stereocenters. The number of halogens is 3. The lowest BCUT2D eigenvalue weighted by molar-refractivity contribution is -0.274. The van der Waals surface area contributed by atoms with E-state index in [1.54, 1.807) is 12.1 Å². The standard InChI is InChI=1S/C18H12F3N3O3/c1-8-2-4-13-11(6-8)15(24-26)16(22-13)14-10-7-9(27-18(19,20)21)3-5-12(10)23-17(14)25/h2-7,22-23,25H,1H3. The summed E-state index contributed by atoms with van der Waals surface area (Å²) in [5, 5.41) is 14.2. The molecule has 0 unspecified atom stereocenters. The Labute approximate surface area is 149 Å². The van der Waals surface area contributed by atoms with Crippen LogP contribution < -0.4 is 4.74 Å².